The summed E-state index contributed by atoms with van der Waals surface area (Å²) >= 11 is 5.28. The molecular formula is C17H20N4O4S. The number of amides is 1. The van der Waals surface area contributed by atoms with Crippen LogP contribution in [0.15, 0.2) is 29.1 Å². The highest BCUT2D eigenvalue weighted by Crippen LogP contribution is 2.32. The lowest BCUT2D eigenvalue weighted by atomic mass is 10.1. The molecule has 1 aliphatic heterocycles. The quantitative estimate of drug-likeness (QED) is 0.642. The van der Waals surface area contributed by atoms with Gasteiger partial charge in [-0.2, -0.15) is 0 Å². The van der Waals surface area contributed by atoms with Crippen LogP contribution in [-0.2, 0) is 11.3 Å². The van der Waals surface area contributed by atoms with Crippen LogP contribution < -0.4 is 25.7 Å². The Labute approximate surface area is 155 Å². The van der Waals surface area contributed by atoms with Crippen molar-refractivity contribution >= 4 is 18.1 Å². The molecule has 3 rings (SSSR count). The van der Waals surface area contributed by atoms with Gasteiger partial charge in [0.15, 0.2) is 4.77 Å². The minimum absolute atomic E-state index is 0.00334. The molecule has 0 atom stereocenters. The van der Waals surface area contributed by atoms with Crippen LogP contribution in [0, 0.1) is 4.77 Å². The Morgan fingerprint density at radius 1 is 1.31 bits per heavy atom. The molecule has 1 aromatic carbocycles. The van der Waals surface area contributed by atoms with Crippen LogP contribution in [0.4, 0.5) is 0 Å². The van der Waals surface area contributed by atoms with E-state index in [1.54, 1.807) is 29.9 Å². The number of hydrogen-bond acceptors (Lipinski definition) is 6. The summed E-state index contributed by atoms with van der Waals surface area (Å²) in [7, 11) is 3.09. The predicted molar refractivity (Wildman–Crippen MR) is 99.2 cm³/mol. The minimum Gasteiger partial charge on any atom is -0.497 e. The fraction of sp³-hybridized carbons (Fsp3) is 0.353. The molecule has 1 saturated heterocycles. The maximum absolute atomic E-state index is 12.3. The number of carbonyl (C=O) groups excluding carboxylic acids is 1. The molecule has 0 aliphatic carbocycles. The topological polar surface area (TPSA) is 97.4 Å². The number of nitrogens with one attached hydrogen (secondary N) is 3. The van der Waals surface area contributed by atoms with Gasteiger partial charge in [0.1, 0.15) is 18.0 Å². The number of rotatable bonds is 6. The van der Waals surface area contributed by atoms with E-state index in [0.29, 0.717) is 22.8 Å². The molecule has 3 N–H and O–H groups in total. The zero-order valence-corrected chi connectivity index (χ0v) is 15.3. The number of carbonyl (C=O) groups is 1. The number of aromatic amines is 1. The van der Waals surface area contributed by atoms with E-state index in [2.05, 4.69) is 15.6 Å². The summed E-state index contributed by atoms with van der Waals surface area (Å²) in [6, 6.07) is 6.76. The second kappa shape index (κ2) is 7.71. The third-order valence-electron chi connectivity index (χ3n) is 4.17. The fourth-order valence-corrected chi connectivity index (χ4v) is 2.98. The molecule has 0 bridgehead atoms. The first-order valence-electron chi connectivity index (χ1n) is 8.08. The summed E-state index contributed by atoms with van der Waals surface area (Å²) in [5.74, 6) is 0.964. The molecule has 8 nitrogen and oxygen atoms in total. The highest BCUT2D eigenvalue weighted by molar-refractivity contribution is 7.71. The molecule has 1 aromatic heterocycles. The number of hydrogen-bond donors (Lipinski definition) is 3. The van der Waals surface area contributed by atoms with E-state index >= 15 is 0 Å². The molecule has 2 heterocycles. The Hall–Kier alpha value is -2.65. The Balaban J connectivity index is 2.02. The Morgan fingerprint density at radius 3 is 2.69 bits per heavy atom. The summed E-state index contributed by atoms with van der Waals surface area (Å²) in [5, 5.41) is 6.01. The molecule has 2 aromatic rings. The Bertz CT molecular complexity index is 933. The second-order valence-corrected chi connectivity index (χ2v) is 6.29. The molecule has 0 saturated carbocycles. The van der Waals surface area contributed by atoms with Crippen molar-refractivity contribution in [1.29, 1.82) is 0 Å². The largest absolute Gasteiger partial charge is 0.497 e. The first kappa shape index (κ1) is 18.2. The van der Waals surface area contributed by atoms with Crippen molar-refractivity contribution in [2.24, 2.45) is 0 Å². The summed E-state index contributed by atoms with van der Waals surface area (Å²) in [5.41, 5.74) is 0.798. The Kier molecular flexibility index (Phi) is 5.38. The van der Waals surface area contributed by atoms with Crippen molar-refractivity contribution < 1.29 is 14.3 Å². The van der Waals surface area contributed by atoms with E-state index in [-0.39, 0.29) is 28.8 Å². The maximum atomic E-state index is 12.3. The highest BCUT2D eigenvalue weighted by Gasteiger charge is 2.20. The van der Waals surface area contributed by atoms with Crippen LogP contribution in [0.3, 0.4) is 0 Å². The van der Waals surface area contributed by atoms with Gasteiger partial charge in [0.2, 0.25) is 5.91 Å². The molecule has 138 valence electrons. The van der Waals surface area contributed by atoms with E-state index in [9.17, 15) is 9.59 Å². The van der Waals surface area contributed by atoms with Crippen molar-refractivity contribution in [1.82, 2.24) is 20.2 Å². The van der Waals surface area contributed by atoms with Crippen LogP contribution in [0.25, 0.3) is 11.3 Å². The third kappa shape index (κ3) is 3.78. The number of nitrogens with zero attached hydrogens (tertiary/aromatic N) is 1. The van der Waals surface area contributed by atoms with Gasteiger partial charge < -0.3 is 24.7 Å². The van der Waals surface area contributed by atoms with Crippen molar-refractivity contribution in [3.05, 3.63) is 39.4 Å². The van der Waals surface area contributed by atoms with Crippen LogP contribution in [0.5, 0.6) is 11.5 Å². The predicted octanol–water partition coefficient (Wildman–Crippen LogP) is 0.678. The van der Waals surface area contributed by atoms with Crippen molar-refractivity contribution in [3.8, 4) is 22.8 Å². The van der Waals surface area contributed by atoms with Gasteiger partial charge in [0.05, 0.1) is 26.0 Å². The third-order valence-corrected chi connectivity index (χ3v) is 4.49. The number of aromatic nitrogens is 2. The second-order valence-electron chi connectivity index (χ2n) is 5.90. The monoisotopic (exact) mass is 376 g/mol. The van der Waals surface area contributed by atoms with Gasteiger partial charge in [0.25, 0.3) is 5.56 Å². The molecule has 9 heteroatoms. The van der Waals surface area contributed by atoms with E-state index in [4.69, 9.17) is 21.7 Å². The van der Waals surface area contributed by atoms with Gasteiger partial charge in [-0.3, -0.25) is 14.6 Å². The summed E-state index contributed by atoms with van der Waals surface area (Å²) < 4.78 is 12.4. The van der Waals surface area contributed by atoms with Gasteiger partial charge in [-0.15, -0.1) is 0 Å². The molecule has 0 radical (unpaired) electrons. The zero-order chi connectivity index (χ0) is 18.7. The first-order valence-corrected chi connectivity index (χ1v) is 8.49. The van der Waals surface area contributed by atoms with Crippen LogP contribution in [0.2, 0.25) is 0 Å². The molecule has 0 spiro atoms. The lowest BCUT2D eigenvalue weighted by molar-refractivity contribution is -0.122. The van der Waals surface area contributed by atoms with E-state index in [1.807, 2.05) is 0 Å². The molecule has 1 fully saturated rings. The maximum Gasteiger partial charge on any atom is 0.252 e. The Morgan fingerprint density at radius 2 is 2.08 bits per heavy atom. The van der Waals surface area contributed by atoms with Crippen molar-refractivity contribution in [2.45, 2.75) is 12.6 Å². The molecule has 0 unspecified atom stereocenters. The fourth-order valence-electron chi connectivity index (χ4n) is 2.72. The van der Waals surface area contributed by atoms with E-state index in [1.165, 1.54) is 13.2 Å². The lowest BCUT2D eigenvalue weighted by Gasteiger charge is -2.28. The van der Waals surface area contributed by atoms with Gasteiger partial charge in [-0.05, 0) is 24.4 Å². The summed E-state index contributed by atoms with van der Waals surface area (Å²) in [6.45, 7) is 1.50. The average molecular weight is 376 g/mol. The molecular weight excluding hydrogens is 356 g/mol. The SMILES string of the molecule is COc1ccc(-c2cc(=O)[nH]c(=S)n2CC(=O)NC2CNC2)c(OC)c1. The molecule has 26 heavy (non-hydrogen) atoms. The van der Waals surface area contributed by atoms with Crippen LogP contribution >= 0.6 is 12.2 Å². The minimum atomic E-state index is -0.345. The molecule has 1 amide bonds. The summed E-state index contributed by atoms with van der Waals surface area (Å²) in [4.78, 5) is 26.9. The lowest BCUT2D eigenvalue weighted by Crippen LogP contribution is -2.57. The summed E-state index contributed by atoms with van der Waals surface area (Å²) in [6.07, 6.45) is 0. The first-order chi connectivity index (χ1) is 12.5. The van der Waals surface area contributed by atoms with Crippen molar-refractivity contribution in [2.75, 3.05) is 27.3 Å². The van der Waals surface area contributed by atoms with Crippen LogP contribution in [0.1, 0.15) is 0 Å². The number of benzene rings is 1. The van der Waals surface area contributed by atoms with Gasteiger partial charge in [0, 0.05) is 30.8 Å². The van der Waals surface area contributed by atoms with Gasteiger partial charge in [-0.1, -0.05) is 0 Å². The number of methoxy groups -OCH3 is 2. The number of H-pyrrole nitrogens is 1. The van der Waals surface area contributed by atoms with Gasteiger partial charge in [-0.25, -0.2) is 0 Å². The normalized spacial score (nSPS) is 13.8. The molecule has 1 aliphatic rings. The average Bonchev–Trinajstić information content (AvgIpc) is 2.59. The van der Waals surface area contributed by atoms with E-state index in [0.717, 1.165) is 13.1 Å². The smallest absolute Gasteiger partial charge is 0.252 e. The van der Waals surface area contributed by atoms with Crippen molar-refractivity contribution in [3.63, 3.8) is 0 Å². The van der Waals surface area contributed by atoms with E-state index < -0.39 is 0 Å². The zero-order valence-electron chi connectivity index (χ0n) is 14.5. The van der Waals surface area contributed by atoms with Gasteiger partial charge >= 0.3 is 0 Å². The number of ether oxygens (including phenoxy) is 2. The van der Waals surface area contributed by atoms with Crippen LogP contribution in [-0.4, -0.2) is 48.8 Å². The highest BCUT2D eigenvalue weighted by atomic mass is 32.1. The standard InChI is InChI=1S/C17H20N4O4S/c1-24-11-3-4-12(14(5-11)25-2)13-6-15(22)20-17(26)21(13)9-16(23)19-10-7-18-8-10/h3-6,10,18H,7-9H2,1-2H3,(H,19,23)(H,20,22,26).